The van der Waals surface area contributed by atoms with Gasteiger partial charge >= 0.3 is 0 Å². The molecule has 19 heavy (non-hydrogen) atoms. The van der Waals surface area contributed by atoms with Gasteiger partial charge in [-0.2, -0.15) is 0 Å². The number of nitrogens with one attached hydrogen (secondary N) is 1. The molecule has 1 aliphatic heterocycles. The monoisotopic (exact) mass is 326 g/mol. The summed E-state index contributed by atoms with van der Waals surface area (Å²) in [5, 5.41) is 3.64. The van der Waals surface area contributed by atoms with Crippen LogP contribution in [0.4, 0.5) is 5.69 Å². The summed E-state index contributed by atoms with van der Waals surface area (Å²) in [6.45, 7) is 6.56. The third kappa shape index (κ3) is 3.86. The highest BCUT2D eigenvalue weighted by molar-refractivity contribution is 9.10. The van der Waals surface area contributed by atoms with Gasteiger partial charge in [-0.05, 0) is 31.0 Å². The third-order valence-electron chi connectivity index (χ3n) is 3.47. The maximum atomic E-state index is 5.49. The van der Waals surface area contributed by atoms with Gasteiger partial charge in [0.1, 0.15) is 5.75 Å². The molecule has 0 aliphatic carbocycles. The molecule has 106 valence electrons. The summed E-state index contributed by atoms with van der Waals surface area (Å²) in [6, 6.07) is 7.30. The summed E-state index contributed by atoms with van der Waals surface area (Å²) >= 11 is 3.55. The van der Waals surface area contributed by atoms with Gasteiger partial charge in [-0.15, -0.1) is 0 Å². The first-order valence-electron chi connectivity index (χ1n) is 6.94. The maximum absolute atomic E-state index is 5.49. The zero-order chi connectivity index (χ0) is 13.8. The van der Waals surface area contributed by atoms with Crippen molar-refractivity contribution in [3.8, 4) is 5.75 Å². The van der Waals surface area contributed by atoms with Gasteiger partial charge in [-0.1, -0.05) is 29.8 Å². The average Bonchev–Trinajstić information content (AvgIpc) is 2.38. The number of benzene rings is 1. The molecule has 4 heteroatoms. The summed E-state index contributed by atoms with van der Waals surface area (Å²) in [5.74, 6) is 0.952. The Hall–Kier alpha value is -0.740. The molecule has 0 bridgehead atoms. The smallest absolute Gasteiger partial charge is 0.142 e. The van der Waals surface area contributed by atoms with Crippen LogP contribution < -0.4 is 15.0 Å². The normalized spacial score (nSPS) is 19.8. The predicted molar refractivity (Wildman–Crippen MR) is 84.2 cm³/mol. The van der Waals surface area contributed by atoms with E-state index in [4.69, 9.17) is 4.74 Å². The van der Waals surface area contributed by atoms with Crippen molar-refractivity contribution < 1.29 is 4.74 Å². The lowest BCUT2D eigenvalue weighted by Gasteiger charge is -2.36. The van der Waals surface area contributed by atoms with Crippen molar-refractivity contribution in [1.82, 2.24) is 5.32 Å². The molecule has 1 atom stereocenters. The predicted octanol–water partition coefficient (Wildman–Crippen LogP) is 3.42. The molecular formula is C15H23BrN2O. The fourth-order valence-electron chi connectivity index (χ4n) is 2.71. The molecule has 1 aromatic rings. The second-order valence-corrected chi connectivity index (χ2v) is 6.34. The molecule has 0 aromatic heterocycles. The van der Waals surface area contributed by atoms with E-state index in [1.54, 1.807) is 7.11 Å². The van der Waals surface area contributed by atoms with Crippen molar-refractivity contribution in [2.75, 3.05) is 25.1 Å². The van der Waals surface area contributed by atoms with E-state index in [0.717, 1.165) is 23.3 Å². The van der Waals surface area contributed by atoms with E-state index in [1.807, 2.05) is 12.1 Å². The SMILES string of the molecule is COc1ccc(Br)cc1N1CCCC(NC(C)C)C1. The van der Waals surface area contributed by atoms with Crippen LogP contribution in [0.15, 0.2) is 22.7 Å². The molecule has 1 fully saturated rings. The average molecular weight is 327 g/mol. The third-order valence-corrected chi connectivity index (χ3v) is 3.97. The molecule has 1 heterocycles. The van der Waals surface area contributed by atoms with Gasteiger partial charge in [0, 0.05) is 29.6 Å². The van der Waals surface area contributed by atoms with Gasteiger partial charge < -0.3 is 15.0 Å². The molecule has 3 nitrogen and oxygen atoms in total. The molecule has 0 amide bonds. The van der Waals surface area contributed by atoms with E-state index in [2.05, 4.69) is 46.1 Å². The standard InChI is InChI=1S/C15H23BrN2O/c1-11(2)17-13-5-4-8-18(10-13)14-9-12(16)6-7-15(14)19-3/h6-7,9,11,13,17H,4-5,8,10H2,1-3H3. The summed E-state index contributed by atoms with van der Waals surface area (Å²) in [6.07, 6.45) is 2.48. The Balaban J connectivity index is 2.14. The highest BCUT2D eigenvalue weighted by atomic mass is 79.9. The fourth-order valence-corrected chi connectivity index (χ4v) is 3.06. The molecule has 1 unspecified atom stereocenters. The minimum absolute atomic E-state index is 0.536. The van der Waals surface area contributed by atoms with Gasteiger partial charge in [-0.25, -0.2) is 0 Å². The Labute approximate surface area is 124 Å². The molecule has 0 radical (unpaired) electrons. The first-order valence-corrected chi connectivity index (χ1v) is 7.74. The van der Waals surface area contributed by atoms with Gasteiger partial charge in [0.15, 0.2) is 0 Å². The number of halogens is 1. The lowest BCUT2D eigenvalue weighted by Crippen LogP contribution is -2.48. The largest absolute Gasteiger partial charge is 0.495 e. The van der Waals surface area contributed by atoms with Crippen molar-refractivity contribution in [3.63, 3.8) is 0 Å². The first-order chi connectivity index (χ1) is 9.10. The molecule has 2 rings (SSSR count). The van der Waals surface area contributed by atoms with Crippen molar-refractivity contribution in [2.24, 2.45) is 0 Å². The second-order valence-electron chi connectivity index (χ2n) is 5.42. The molecule has 0 spiro atoms. The number of ether oxygens (including phenoxy) is 1. The van der Waals surface area contributed by atoms with E-state index in [-0.39, 0.29) is 0 Å². The van der Waals surface area contributed by atoms with Crippen LogP contribution in [0, 0.1) is 0 Å². The van der Waals surface area contributed by atoms with Crippen molar-refractivity contribution in [2.45, 2.75) is 38.8 Å². The molecular weight excluding hydrogens is 304 g/mol. The summed E-state index contributed by atoms with van der Waals surface area (Å²) in [5.41, 5.74) is 1.19. The molecule has 1 N–H and O–H groups in total. The minimum Gasteiger partial charge on any atom is -0.495 e. The number of methoxy groups -OCH3 is 1. The highest BCUT2D eigenvalue weighted by Gasteiger charge is 2.22. The van der Waals surface area contributed by atoms with Crippen LogP contribution in [0.3, 0.4) is 0 Å². The number of anilines is 1. The molecule has 1 aromatic carbocycles. The van der Waals surface area contributed by atoms with Crippen LogP contribution in [0.25, 0.3) is 0 Å². The Kier molecular flexibility index (Phi) is 5.11. The zero-order valence-corrected chi connectivity index (χ0v) is 13.5. The van der Waals surface area contributed by atoms with Gasteiger partial charge in [0.2, 0.25) is 0 Å². The van der Waals surface area contributed by atoms with Gasteiger partial charge in [0.25, 0.3) is 0 Å². The minimum atomic E-state index is 0.536. The Morgan fingerprint density at radius 1 is 1.42 bits per heavy atom. The van der Waals surface area contributed by atoms with Crippen molar-refractivity contribution in [3.05, 3.63) is 22.7 Å². The van der Waals surface area contributed by atoms with Crippen LogP contribution >= 0.6 is 15.9 Å². The van der Waals surface area contributed by atoms with Gasteiger partial charge in [-0.3, -0.25) is 0 Å². The number of hydrogen-bond acceptors (Lipinski definition) is 3. The quantitative estimate of drug-likeness (QED) is 0.917. The Morgan fingerprint density at radius 2 is 2.21 bits per heavy atom. The van der Waals surface area contributed by atoms with E-state index < -0.39 is 0 Å². The first kappa shape index (κ1) is 14.7. The van der Waals surface area contributed by atoms with Crippen molar-refractivity contribution >= 4 is 21.6 Å². The lowest BCUT2D eigenvalue weighted by molar-refractivity contribution is 0.385. The molecule has 1 saturated heterocycles. The van der Waals surface area contributed by atoms with Crippen molar-refractivity contribution in [1.29, 1.82) is 0 Å². The van der Waals surface area contributed by atoms with Crippen LogP contribution in [-0.4, -0.2) is 32.3 Å². The fraction of sp³-hybridized carbons (Fsp3) is 0.600. The summed E-state index contributed by atoms with van der Waals surface area (Å²) < 4.78 is 6.59. The Bertz CT molecular complexity index is 423. The van der Waals surface area contributed by atoms with Crippen LogP contribution in [0.2, 0.25) is 0 Å². The Morgan fingerprint density at radius 3 is 2.89 bits per heavy atom. The highest BCUT2D eigenvalue weighted by Crippen LogP contribution is 2.33. The van der Waals surface area contributed by atoms with E-state index in [0.29, 0.717) is 12.1 Å². The van der Waals surface area contributed by atoms with Crippen LogP contribution in [-0.2, 0) is 0 Å². The number of piperidine rings is 1. The zero-order valence-electron chi connectivity index (χ0n) is 11.9. The topological polar surface area (TPSA) is 24.5 Å². The number of rotatable bonds is 4. The van der Waals surface area contributed by atoms with E-state index in [9.17, 15) is 0 Å². The summed E-state index contributed by atoms with van der Waals surface area (Å²) in [7, 11) is 1.74. The van der Waals surface area contributed by atoms with Crippen LogP contribution in [0.5, 0.6) is 5.75 Å². The molecule has 1 aliphatic rings. The number of hydrogen-bond donors (Lipinski definition) is 1. The van der Waals surface area contributed by atoms with Gasteiger partial charge in [0.05, 0.1) is 12.8 Å². The van der Waals surface area contributed by atoms with E-state index >= 15 is 0 Å². The molecule has 0 saturated carbocycles. The second kappa shape index (κ2) is 6.62. The maximum Gasteiger partial charge on any atom is 0.142 e. The van der Waals surface area contributed by atoms with E-state index in [1.165, 1.54) is 18.5 Å². The van der Waals surface area contributed by atoms with Crippen LogP contribution in [0.1, 0.15) is 26.7 Å². The summed E-state index contributed by atoms with van der Waals surface area (Å²) in [4.78, 5) is 2.42. The lowest BCUT2D eigenvalue weighted by atomic mass is 10.0. The number of nitrogens with zero attached hydrogens (tertiary/aromatic N) is 1.